The summed E-state index contributed by atoms with van der Waals surface area (Å²) >= 11 is 0. The molecular formula is C48H55N5O5. The number of amides is 2. The summed E-state index contributed by atoms with van der Waals surface area (Å²) in [5, 5.41) is 16.1. The molecule has 10 heteroatoms. The molecule has 2 amide bonds. The molecule has 0 radical (unpaired) electrons. The summed E-state index contributed by atoms with van der Waals surface area (Å²) in [6.07, 6.45) is 7.82. The number of piperidine rings is 1. The molecule has 1 saturated carbocycles. The number of rotatable bonds is 10. The number of hydrogen-bond acceptors (Lipinski definition) is 8. The summed E-state index contributed by atoms with van der Waals surface area (Å²) < 4.78 is 13.6. The van der Waals surface area contributed by atoms with Gasteiger partial charge in [-0.15, -0.1) is 0 Å². The molecule has 3 fully saturated rings. The van der Waals surface area contributed by atoms with Crippen molar-refractivity contribution in [1.82, 2.24) is 25.5 Å². The number of fused-ring (bicyclic) bond motifs is 2. The Balaban J connectivity index is 1.02. The van der Waals surface area contributed by atoms with E-state index in [-0.39, 0.29) is 47.9 Å². The molecule has 3 aliphatic rings. The van der Waals surface area contributed by atoms with E-state index in [1.165, 1.54) is 25.5 Å². The first-order chi connectivity index (χ1) is 28.1. The number of likely N-dealkylation sites (tertiary alicyclic amines) is 1. The third kappa shape index (κ3) is 9.16. The summed E-state index contributed by atoms with van der Waals surface area (Å²) in [5.41, 5.74) is 7.17. The van der Waals surface area contributed by atoms with Gasteiger partial charge in [0.1, 0.15) is 5.69 Å². The second-order valence-electron chi connectivity index (χ2n) is 17.2. The van der Waals surface area contributed by atoms with Crippen LogP contribution in [0.25, 0.3) is 22.2 Å². The molecule has 6 atom stereocenters. The van der Waals surface area contributed by atoms with E-state index in [9.17, 15) is 14.7 Å². The standard InChI is InChI=1S/C48H55N5O5/c1-48(2,3)52-46(56)43-25-24-33-10-5-9-15-42(33)53(43)29-37-26-44(34-18-16-31(30-54)17-19-34)58-47(57-37)35-22-20-32(21-23-35)38-12-6-4-11-36(38)27-50-45(55)41-28-49-39-13-7-8-14-40(39)51-41/h4,6-8,11-14,16-23,28,33,37,42-44,47,54H,5,9-10,15,24-27,29-30H2,1-3H3,(H,50,55)(H,52,56). The summed E-state index contributed by atoms with van der Waals surface area (Å²) in [7, 11) is 0. The van der Waals surface area contributed by atoms with Gasteiger partial charge in [-0.1, -0.05) is 97.8 Å². The monoisotopic (exact) mass is 781 g/mol. The van der Waals surface area contributed by atoms with Gasteiger partial charge in [-0.2, -0.15) is 0 Å². The topological polar surface area (TPSA) is 126 Å². The smallest absolute Gasteiger partial charge is 0.271 e. The average Bonchev–Trinajstić information content (AvgIpc) is 3.25. The Morgan fingerprint density at radius 3 is 2.33 bits per heavy atom. The number of carbonyl (C=O) groups is 2. The number of ether oxygens (including phenoxy) is 2. The van der Waals surface area contributed by atoms with Gasteiger partial charge in [0.15, 0.2) is 6.29 Å². The van der Waals surface area contributed by atoms with Crippen LogP contribution in [0.2, 0.25) is 0 Å². The van der Waals surface area contributed by atoms with Crippen molar-refractivity contribution in [3.05, 3.63) is 131 Å². The van der Waals surface area contributed by atoms with E-state index in [2.05, 4.69) is 55.8 Å². The van der Waals surface area contributed by atoms with Crippen molar-refractivity contribution in [1.29, 1.82) is 0 Å². The fourth-order valence-corrected chi connectivity index (χ4v) is 9.10. The lowest BCUT2D eigenvalue weighted by molar-refractivity contribution is -0.255. The molecular weight excluding hydrogens is 727 g/mol. The van der Waals surface area contributed by atoms with E-state index in [0.29, 0.717) is 37.0 Å². The lowest BCUT2D eigenvalue weighted by atomic mass is 9.75. The molecule has 10 nitrogen and oxygen atoms in total. The van der Waals surface area contributed by atoms with Gasteiger partial charge < -0.3 is 25.2 Å². The molecule has 58 heavy (non-hydrogen) atoms. The highest BCUT2D eigenvalue weighted by atomic mass is 16.7. The second kappa shape index (κ2) is 17.5. The summed E-state index contributed by atoms with van der Waals surface area (Å²) in [4.78, 5) is 38.4. The van der Waals surface area contributed by atoms with Crippen LogP contribution in [-0.4, -0.2) is 62.1 Å². The van der Waals surface area contributed by atoms with Crippen molar-refractivity contribution in [2.24, 2.45) is 5.92 Å². The first kappa shape index (κ1) is 39.8. The molecule has 0 spiro atoms. The van der Waals surface area contributed by atoms with Crippen molar-refractivity contribution in [2.75, 3.05) is 6.54 Å². The maximum atomic E-state index is 13.9. The largest absolute Gasteiger partial charge is 0.392 e. The predicted octanol–water partition coefficient (Wildman–Crippen LogP) is 8.20. The van der Waals surface area contributed by atoms with Crippen LogP contribution in [0.4, 0.5) is 0 Å². The fraction of sp³-hybridized carbons (Fsp3) is 0.417. The Morgan fingerprint density at radius 1 is 0.828 bits per heavy atom. The molecule has 1 aliphatic carbocycles. The van der Waals surface area contributed by atoms with Crippen molar-refractivity contribution in [2.45, 2.75) is 115 Å². The zero-order valence-corrected chi connectivity index (χ0v) is 33.8. The number of benzene rings is 4. The number of nitrogens with one attached hydrogen (secondary N) is 2. The number of hydrogen-bond donors (Lipinski definition) is 3. The first-order valence-electron chi connectivity index (χ1n) is 20.9. The third-order valence-electron chi connectivity index (χ3n) is 12.0. The van der Waals surface area contributed by atoms with Gasteiger partial charge in [0, 0.05) is 36.7 Å². The SMILES string of the molecule is CC(C)(C)NC(=O)C1CCC2CCCCC2N1CC1CC(c2ccc(CO)cc2)OC(c2ccc(-c3ccccc3CNC(=O)c3cnc4ccccc4n3)cc2)O1. The van der Waals surface area contributed by atoms with Crippen LogP contribution >= 0.6 is 0 Å². The van der Waals surface area contributed by atoms with E-state index in [1.807, 2.05) is 87.5 Å². The zero-order chi connectivity index (χ0) is 40.2. The van der Waals surface area contributed by atoms with Crippen molar-refractivity contribution in [3.63, 3.8) is 0 Å². The number of carbonyl (C=O) groups excluding carboxylic acids is 2. The Labute approximate surface area is 341 Å². The highest BCUT2D eigenvalue weighted by Crippen LogP contribution is 2.42. The van der Waals surface area contributed by atoms with Crippen LogP contribution < -0.4 is 10.6 Å². The van der Waals surface area contributed by atoms with E-state index in [0.717, 1.165) is 58.2 Å². The van der Waals surface area contributed by atoms with Gasteiger partial charge in [0.2, 0.25) is 5.91 Å². The van der Waals surface area contributed by atoms with Crippen LogP contribution in [0.1, 0.15) is 111 Å². The Hall–Kier alpha value is -5.00. The van der Waals surface area contributed by atoms with E-state index < -0.39 is 6.29 Å². The average molecular weight is 782 g/mol. The number of aliphatic hydroxyl groups excluding tert-OH is 1. The molecule has 8 rings (SSSR count). The molecule has 302 valence electrons. The van der Waals surface area contributed by atoms with Gasteiger partial charge in [0.25, 0.3) is 5.91 Å². The van der Waals surface area contributed by atoms with Crippen LogP contribution in [0.5, 0.6) is 0 Å². The van der Waals surface area contributed by atoms with Crippen molar-refractivity contribution >= 4 is 22.8 Å². The molecule has 6 unspecified atom stereocenters. The third-order valence-corrected chi connectivity index (χ3v) is 12.0. The second-order valence-corrected chi connectivity index (χ2v) is 17.2. The number of para-hydroxylation sites is 2. The minimum Gasteiger partial charge on any atom is -0.392 e. The molecule has 2 saturated heterocycles. The van der Waals surface area contributed by atoms with Crippen molar-refractivity contribution in [3.8, 4) is 11.1 Å². The van der Waals surface area contributed by atoms with Crippen LogP contribution in [0.15, 0.2) is 103 Å². The molecule has 3 heterocycles. The van der Waals surface area contributed by atoms with Gasteiger partial charge in [-0.3, -0.25) is 19.5 Å². The lowest BCUT2D eigenvalue weighted by Gasteiger charge is -2.50. The molecule has 3 N–H and O–H groups in total. The van der Waals surface area contributed by atoms with Gasteiger partial charge in [0.05, 0.1) is 42.1 Å². The lowest BCUT2D eigenvalue weighted by Crippen LogP contribution is -2.61. The highest BCUT2D eigenvalue weighted by Gasteiger charge is 2.44. The first-order valence-corrected chi connectivity index (χ1v) is 20.9. The van der Waals surface area contributed by atoms with E-state index in [1.54, 1.807) is 0 Å². The van der Waals surface area contributed by atoms with E-state index >= 15 is 0 Å². The molecule has 4 aromatic carbocycles. The minimum atomic E-state index is -0.623. The summed E-state index contributed by atoms with van der Waals surface area (Å²) in [5.74, 6) is 0.421. The van der Waals surface area contributed by atoms with E-state index in [4.69, 9.17) is 9.47 Å². The molecule has 1 aromatic heterocycles. The van der Waals surface area contributed by atoms with Crippen LogP contribution in [-0.2, 0) is 27.4 Å². The molecule has 0 bridgehead atoms. The molecule has 2 aliphatic heterocycles. The summed E-state index contributed by atoms with van der Waals surface area (Å²) in [6.45, 7) is 7.10. The van der Waals surface area contributed by atoms with Crippen molar-refractivity contribution < 1.29 is 24.2 Å². The molecule has 5 aromatic rings. The highest BCUT2D eigenvalue weighted by molar-refractivity contribution is 5.93. The van der Waals surface area contributed by atoms with Gasteiger partial charge in [-0.05, 0) is 92.3 Å². The quantitative estimate of drug-likeness (QED) is 0.130. The maximum absolute atomic E-state index is 13.9. The predicted molar refractivity (Wildman–Crippen MR) is 224 cm³/mol. The Kier molecular flexibility index (Phi) is 12.0. The zero-order valence-electron chi connectivity index (χ0n) is 33.8. The normalized spacial score (nSPS) is 23.9. The Morgan fingerprint density at radius 2 is 1.55 bits per heavy atom. The fourth-order valence-electron chi connectivity index (χ4n) is 9.10. The van der Waals surface area contributed by atoms with Gasteiger partial charge in [-0.25, -0.2) is 4.98 Å². The van der Waals surface area contributed by atoms with Gasteiger partial charge >= 0.3 is 0 Å². The Bertz CT molecular complexity index is 2200. The summed E-state index contributed by atoms with van der Waals surface area (Å²) in [6, 6.07) is 32.0. The number of aliphatic hydroxyl groups is 1. The minimum absolute atomic E-state index is 0.0172. The van der Waals surface area contributed by atoms with Crippen LogP contribution in [0, 0.1) is 5.92 Å². The maximum Gasteiger partial charge on any atom is 0.271 e. The number of aromatic nitrogens is 2. The number of nitrogens with zero attached hydrogens (tertiary/aromatic N) is 3. The van der Waals surface area contributed by atoms with Crippen LogP contribution in [0.3, 0.4) is 0 Å².